The van der Waals surface area contributed by atoms with Crippen molar-refractivity contribution in [3.63, 3.8) is 0 Å². The van der Waals surface area contributed by atoms with E-state index in [1.807, 2.05) is 29.2 Å². The van der Waals surface area contributed by atoms with Crippen LogP contribution in [-0.2, 0) is 16.0 Å². The third-order valence-corrected chi connectivity index (χ3v) is 7.48. The van der Waals surface area contributed by atoms with Gasteiger partial charge >= 0.3 is 0 Å². The van der Waals surface area contributed by atoms with Gasteiger partial charge in [0, 0.05) is 24.4 Å². The van der Waals surface area contributed by atoms with Gasteiger partial charge in [0.2, 0.25) is 5.91 Å². The Morgan fingerprint density at radius 3 is 2.79 bits per heavy atom. The average Bonchev–Trinajstić information content (AvgIpc) is 3.29. The highest BCUT2D eigenvalue weighted by molar-refractivity contribution is 7.18. The summed E-state index contributed by atoms with van der Waals surface area (Å²) in [4.78, 5) is 31.2. The monoisotopic (exact) mass is 462 g/mol. The van der Waals surface area contributed by atoms with Crippen LogP contribution in [0.5, 0.6) is 0 Å². The molecule has 1 N–H and O–H groups in total. The van der Waals surface area contributed by atoms with Gasteiger partial charge in [0.1, 0.15) is 0 Å². The van der Waals surface area contributed by atoms with E-state index in [9.17, 15) is 9.59 Å². The molecule has 0 aliphatic carbocycles. The smallest absolute Gasteiger partial charge is 0.272 e. The number of nitrogens with one attached hydrogen (secondary N) is 1. The molecule has 0 radical (unpaired) electrons. The molecule has 1 fully saturated rings. The van der Waals surface area contributed by atoms with E-state index < -0.39 is 0 Å². The molecule has 2 aromatic heterocycles. The van der Waals surface area contributed by atoms with Crippen LogP contribution in [0.15, 0.2) is 53.5 Å². The molecule has 0 saturated carbocycles. The lowest BCUT2D eigenvalue weighted by atomic mass is 9.97. The van der Waals surface area contributed by atoms with Crippen molar-refractivity contribution < 1.29 is 9.53 Å². The maximum absolute atomic E-state index is 12.6. The van der Waals surface area contributed by atoms with Gasteiger partial charge in [-0.15, -0.1) is 11.3 Å². The molecule has 33 heavy (non-hydrogen) atoms. The molecule has 170 valence electrons. The van der Waals surface area contributed by atoms with E-state index in [-0.39, 0.29) is 11.5 Å². The van der Waals surface area contributed by atoms with Gasteiger partial charge in [0.25, 0.3) is 5.56 Å². The summed E-state index contributed by atoms with van der Waals surface area (Å²) in [5.74, 6) is 0.587. The molecule has 1 saturated heterocycles. The van der Waals surface area contributed by atoms with Crippen molar-refractivity contribution in [1.82, 2.24) is 20.1 Å². The molecule has 5 rings (SSSR count). The molecule has 3 heterocycles. The summed E-state index contributed by atoms with van der Waals surface area (Å²) < 4.78 is 6.97. The predicted molar refractivity (Wildman–Crippen MR) is 130 cm³/mol. The van der Waals surface area contributed by atoms with Crippen LogP contribution in [0.4, 0.5) is 0 Å². The number of aromatic amines is 1. The summed E-state index contributed by atoms with van der Waals surface area (Å²) in [5.41, 5.74) is 1.90. The zero-order valence-electron chi connectivity index (χ0n) is 18.3. The van der Waals surface area contributed by atoms with E-state index in [0.717, 1.165) is 42.4 Å². The van der Waals surface area contributed by atoms with E-state index in [1.54, 1.807) is 23.6 Å². The number of rotatable bonds is 7. The molecule has 1 aliphatic rings. The quantitative estimate of drug-likeness (QED) is 0.421. The van der Waals surface area contributed by atoms with E-state index >= 15 is 0 Å². The van der Waals surface area contributed by atoms with Crippen LogP contribution in [-0.4, -0.2) is 52.3 Å². The minimum absolute atomic E-state index is 0.152. The first-order valence-corrected chi connectivity index (χ1v) is 12.2. The molecule has 0 spiro atoms. The highest BCUT2D eigenvalue weighted by atomic mass is 32.1. The number of amides is 1. The molecule has 2 aromatic carbocycles. The number of fused-ring (bicyclic) bond motifs is 2. The number of hydrogen-bond acceptors (Lipinski definition) is 6. The maximum Gasteiger partial charge on any atom is 0.272 e. The molecule has 8 heteroatoms. The summed E-state index contributed by atoms with van der Waals surface area (Å²) in [5, 5.41) is 9.02. The summed E-state index contributed by atoms with van der Waals surface area (Å²) in [6.07, 6.45) is 4.65. The third-order valence-electron chi connectivity index (χ3n) is 6.28. The Morgan fingerprint density at radius 2 is 1.94 bits per heavy atom. The van der Waals surface area contributed by atoms with Crippen LogP contribution in [0.3, 0.4) is 0 Å². The van der Waals surface area contributed by atoms with Crippen molar-refractivity contribution in [2.75, 3.05) is 26.3 Å². The van der Waals surface area contributed by atoms with Gasteiger partial charge < -0.3 is 9.64 Å². The molecule has 1 aliphatic heterocycles. The highest BCUT2D eigenvalue weighted by Gasteiger charge is 2.25. The maximum atomic E-state index is 12.6. The van der Waals surface area contributed by atoms with Gasteiger partial charge in [0.15, 0.2) is 0 Å². The number of hydrogen-bond donors (Lipinski definition) is 1. The molecule has 7 nitrogen and oxygen atoms in total. The van der Waals surface area contributed by atoms with Crippen LogP contribution >= 0.6 is 11.3 Å². The zero-order valence-corrected chi connectivity index (χ0v) is 19.1. The lowest BCUT2D eigenvalue weighted by Gasteiger charge is -2.31. The molecule has 4 aromatic rings. The molecule has 0 bridgehead atoms. The first-order chi connectivity index (χ1) is 16.2. The van der Waals surface area contributed by atoms with Crippen LogP contribution in [0.25, 0.3) is 21.0 Å². The Bertz CT molecular complexity index is 1290. The van der Waals surface area contributed by atoms with Crippen LogP contribution in [0.2, 0.25) is 0 Å². The van der Waals surface area contributed by atoms with Crippen molar-refractivity contribution in [1.29, 1.82) is 0 Å². The van der Waals surface area contributed by atoms with E-state index in [4.69, 9.17) is 9.72 Å². The first-order valence-electron chi connectivity index (χ1n) is 11.4. The standard InChI is InChI=1S/C25H26N4O3S/c30-23(11-15-32-14-10-17-4-3-5-19-20(17)16-26-28-24(19)31)29-12-8-18(9-13-29)25-27-21-6-1-2-7-22(21)33-25/h1-7,16,18H,8-15H2,(H,28,31). The Kier molecular flexibility index (Phi) is 6.46. The number of aromatic nitrogens is 3. The first kappa shape index (κ1) is 21.7. The summed E-state index contributed by atoms with van der Waals surface area (Å²) in [7, 11) is 0. The van der Waals surface area contributed by atoms with Crippen molar-refractivity contribution in [3.05, 3.63) is 69.6 Å². The lowest BCUT2D eigenvalue weighted by Crippen LogP contribution is -2.38. The van der Waals surface area contributed by atoms with E-state index in [2.05, 4.69) is 22.3 Å². The van der Waals surface area contributed by atoms with Crippen molar-refractivity contribution >= 4 is 38.2 Å². The van der Waals surface area contributed by atoms with Crippen molar-refractivity contribution in [2.24, 2.45) is 0 Å². The Labute approximate surface area is 195 Å². The Balaban J connectivity index is 1.06. The summed E-state index contributed by atoms with van der Waals surface area (Å²) in [6, 6.07) is 13.9. The second-order valence-corrected chi connectivity index (χ2v) is 9.43. The van der Waals surface area contributed by atoms with Crippen molar-refractivity contribution in [3.8, 4) is 0 Å². The molecule has 1 amide bonds. The minimum atomic E-state index is -0.187. The normalized spacial score (nSPS) is 14.8. The third kappa shape index (κ3) is 4.82. The highest BCUT2D eigenvalue weighted by Crippen LogP contribution is 2.33. The summed E-state index contributed by atoms with van der Waals surface area (Å²) in [6.45, 7) is 2.45. The molecule has 0 unspecified atom stereocenters. The van der Waals surface area contributed by atoms with Gasteiger partial charge in [-0.3, -0.25) is 9.59 Å². The topological polar surface area (TPSA) is 88.2 Å². The fourth-order valence-electron chi connectivity index (χ4n) is 4.44. The average molecular weight is 463 g/mol. The van der Waals surface area contributed by atoms with Crippen LogP contribution < -0.4 is 5.56 Å². The number of H-pyrrole nitrogens is 1. The molecular weight excluding hydrogens is 436 g/mol. The largest absolute Gasteiger partial charge is 0.381 e. The second kappa shape index (κ2) is 9.80. The Hall–Kier alpha value is -3.10. The number of carbonyl (C=O) groups is 1. The van der Waals surface area contributed by atoms with Gasteiger partial charge in [-0.2, -0.15) is 5.10 Å². The van der Waals surface area contributed by atoms with Gasteiger partial charge in [-0.1, -0.05) is 24.3 Å². The van der Waals surface area contributed by atoms with Crippen LogP contribution in [0.1, 0.15) is 35.8 Å². The van der Waals surface area contributed by atoms with Gasteiger partial charge in [-0.05, 0) is 43.0 Å². The SMILES string of the molecule is O=C(CCOCCc1cccc2c(=O)[nH]ncc12)N1CCC(c2nc3ccccc3s2)CC1. The fraction of sp³-hybridized carbons (Fsp3) is 0.360. The number of piperidine rings is 1. The Morgan fingerprint density at radius 1 is 1.09 bits per heavy atom. The van der Waals surface area contributed by atoms with Crippen molar-refractivity contribution in [2.45, 2.75) is 31.6 Å². The number of nitrogens with zero attached hydrogens (tertiary/aromatic N) is 3. The molecular formula is C25H26N4O3S. The molecule has 0 atom stereocenters. The number of benzene rings is 2. The van der Waals surface area contributed by atoms with E-state index in [1.165, 1.54) is 9.71 Å². The second-order valence-electron chi connectivity index (χ2n) is 8.36. The van der Waals surface area contributed by atoms with Gasteiger partial charge in [0.05, 0.1) is 46.4 Å². The number of para-hydroxylation sites is 1. The minimum Gasteiger partial charge on any atom is -0.381 e. The lowest BCUT2D eigenvalue weighted by molar-refractivity contribution is -0.133. The predicted octanol–water partition coefficient (Wildman–Crippen LogP) is 3.89. The number of thiazole rings is 1. The zero-order chi connectivity index (χ0) is 22.6. The van der Waals surface area contributed by atoms with Gasteiger partial charge in [-0.25, -0.2) is 10.1 Å². The number of carbonyl (C=O) groups excluding carboxylic acids is 1. The summed E-state index contributed by atoms with van der Waals surface area (Å²) >= 11 is 1.77. The van der Waals surface area contributed by atoms with Crippen LogP contribution in [0, 0.1) is 0 Å². The number of likely N-dealkylation sites (tertiary alicyclic amines) is 1. The fourth-order valence-corrected chi connectivity index (χ4v) is 5.58. The number of ether oxygens (including phenoxy) is 1. The van der Waals surface area contributed by atoms with E-state index in [0.29, 0.717) is 37.4 Å².